The molecule has 0 saturated heterocycles. The Hall–Kier alpha value is -0.570. The van der Waals surface area contributed by atoms with Gasteiger partial charge in [-0.05, 0) is 46.2 Å². The van der Waals surface area contributed by atoms with Gasteiger partial charge in [0.2, 0.25) is 0 Å². The maximum absolute atomic E-state index is 8.32. The van der Waals surface area contributed by atoms with Crippen molar-refractivity contribution < 1.29 is 0 Å². The summed E-state index contributed by atoms with van der Waals surface area (Å²) in [5.41, 5.74) is 0.347. The van der Waals surface area contributed by atoms with Gasteiger partial charge in [-0.25, -0.2) is 0 Å². The lowest BCUT2D eigenvalue weighted by Gasteiger charge is -2.49. The number of nitrogens with one attached hydrogen (secondary N) is 1. The average Bonchev–Trinajstić information content (AvgIpc) is 2.74. The van der Waals surface area contributed by atoms with Gasteiger partial charge >= 0.3 is 0 Å². The summed E-state index contributed by atoms with van der Waals surface area (Å²) < 4.78 is 0. The van der Waals surface area contributed by atoms with E-state index >= 15 is 0 Å². The van der Waals surface area contributed by atoms with Gasteiger partial charge in [0.25, 0.3) is 0 Å². The maximum atomic E-state index is 8.32. The lowest BCUT2D eigenvalue weighted by Crippen LogP contribution is -2.57. The molecule has 17 heavy (non-hydrogen) atoms. The predicted octanol–water partition coefficient (Wildman–Crippen LogP) is 2.57. The molecule has 0 aromatic heterocycles. The summed E-state index contributed by atoms with van der Waals surface area (Å²) in [6.45, 7) is 1.04. The van der Waals surface area contributed by atoms with Gasteiger partial charge in [0, 0.05) is 25.0 Å². The van der Waals surface area contributed by atoms with E-state index in [1.807, 2.05) is 0 Å². The number of hydrogen-bond acceptors (Lipinski definition) is 2. The van der Waals surface area contributed by atoms with Crippen molar-refractivity contribution in [2.24, 2.45) is 5.92 Å². The van der Waals surface area contributed by atoms with Crippen molar-refractivity contribution >= 4 is 5.84 Å². The van der Waals surface area contributed by atoms with Crippen LogP contribution in [0.4, 0.5) is 0 Å². The molecule has 98 valence electrons. The van der Waals surface area contributed by atoms with E-state index in [2.05, 4.69) is 30.9 Å². The molecule has 3 nitrogen and oxygen atoms in total. The Balaban J connectivity index is 1.91. The van der Waals surface area contributed by atoms with Crippen LogP contribution in [0.25, 0.3) is 0 Å². The number of amidine groups is 1. The van der Waals surface area contributed by atoms with E-state index in [1.165, 1.54) is 44.9 Å². The Labute approximate surface area is 106 Å². The lowest BCUT2D eigenvalue weighted by molar-refractivity contribution is 0.0419. The van der Waals surface area contributed by atoms with Crippen molar-refractivity contribution in [3.63, 3.8) is 0 Å². The van der Waals surface area contributed by atoms with Gasteiger partial charge in [0.05, 0.1) is 5.84 Å². The monoisotopic (exact) mass is 237 g/mol. The maximum Gasteiger partial charge on any atom is 0.0987 e. The second-order valence-electron chi connectivity index (χ2n) is 6.20. The van der Waals surface area contributed by atoms with Crippen molar-refractivity contribution in [1.29, 1.82) is 5.41 Å². The van der Waals surface area contributed by atoms with Crippen LogP contribution in [0.2, 0.25) is 0 Å². The molecular formula is C14H27N3. The number of likely N-dealkylation sites (N-methyl/N-ethyl adjacent to an activating group) is 2. The standard InChI is InChI=1S/C14H27N3/c1-16(2)14(9-6-10-14)11-17(3)13(15)12-7-4-5-8-12/h12,15H,4-11H2,1-3H3. The summed E-state index contributed by atoms with van der Waals surface area (Å²) in [7, 11) is 6.49. The number of nitrogens with zero attached hydrogens (tertiary/aromatic N) is 2. The highest BCUT2D eigenvalue weighted by molar-refractivity contribution is 5.81. The van der Waals surface area contributed by atoms with Crippen LogP contribution in [0.15, 0.2) is 0 Å². The van der Waals surface area contributed by atoms with E-state index < -0.39 is 0 Å². The largest absolute Gasteiger partial charge is 0.362 e. The van der Waals surface area contributed by atoms with Crippen LogP contribution in [0.5, 0.6) is 0 Å². The summed E-state index contributed by atoms with van der Waals surface area (Å²) in [5.74, 6) is 1.43. The molecule has 0 aromatic rings. The van der Waals surface area contributed by atoms with Gasteiger partial charge in [0.1, 0.15) is 0 Å². The Bertz CT molecular complexity index is 275. The smallest absolute Gasteiger partial charge is 0.0987 e. The van der Waals surface area contributed by atoms with Gasteiger partial charge in [-0.2, -0.15) is 0 Å². The molecule has 0 amide bonds. The molecular weight excluding hydrogens is 210 g/mol. The molecule has 0 aromatic carbocycles. The first-order valence-electron chi connectivity index (χ1n) is 7.02. The number of rotatable bonds is 4. The third kappa shape index (κ3) is 2.49. The van der Waals surface area contributed by atoms with E-state index in [4.69, 9.17) is 5.41 Å². The van der Waals surface area contributed by atoms with Gasteiger partial charge < -0.3 is 9.80 Å². The minimum atomic E-state index is 0.347. The molecule has 0 spiro atoms. The highest BCUT2D eigenvalue weighted by Crippen LogP contribution is 2.37. The van der Waals surface area contributed by atoms with Crippen LogP contribution in [0.1, 0.15) is 44.9 Å². The average molecular weight is 237 g/mol. The van der Waals surface area contributed by atoms with Crippen molar-refractivity contribution in [3.05, 3.63) is 0 Å². The van der Waals surface area contributed by atoms with Crippen molar-refractivity contribution in [2.45, 2.75) is 50.5 Å². The second-order valence-corrected chi connectivity index (χ2v) is 6.20. The summed E-state index contributed by atoms with van der Waals surface area (Å²) in [5, 5.41) is 8.32. The quantitative estimate of drug-likeness (QED) is 0.602. The van der Waals surface area contributed by atoms with Crippen molar-refractivity contribution in [1.82, 2.24) is 9.80 Å². The van der Waals surface area contributed by atoms with Crippen LogP contribution in [-0.2, 0) is 0 Å². The van der Waals surface area contributed by atoms with Crippen LogP contribution in [0, 0.1) is 11.3 Å². The lowest BCUT2D eigenvalue weighted by atomic mass is 9.75. The molecule has 0 atom stereocenters. The summed E-state index contributed by atoms with van der Waals surface area (Å²) in [6, 6.07) is 0. The molecule has 2 saturated carbocycles. The Morgan fingerprint density at radius 2 is 1.71 bits per heavy atom. The minimum absolute atomic E-state index is 0.347. The molecule has 3 heteroatoms. The minimum Gasteiger partial charge on any atom is -0.362 e. The Morgan fingerprint density at radius 3 is 2.12 bits per heavy atom. The highest BCUT2D eigenvalue weighted by Gasteiger charge is 2.40. The predicted molar refractivity (Wildman–Crippen MR) is 72.6 cm³/mol. The number of hydrogen-bond donors (Lipinski definition) is 1. The van der Waals surface area contributed by atoms with Crippen LogP contribution in [0.3, 0.4) is 0 Å². The molecule has 0 unspecified atom stereocenters. The van der Waals surface area contributed by atoms with E-state index in [0.717, 1.165) is 12.4 Å². The molecule has 2 aliphatic rings. The molecule has 0 aliphatic heterocycles. The van der Waals surface area contributed by atoms with E-state index in [-0.39, 0.29) is 0 Å². The molecule has 0 heterocycles. The molecule has 1 N–H and O–H groups in total. The summed E-state index contributed by atoms with van der Waals surface area (Å²) in [4.78, 5) is 4.59. The van der Waals surface area contributed by atoms with Crippen LogP contribution >= 0.6 is 0 Å². The first kappa shape index (κ1) is 12.9. The van der Waals surface area contributed by atoms with Crippen LogP contribution < -0.4 is 0 Å². The third-order valence-corrected chi connectivity index (χ3v) is 4.92. The van der Waals surface area contributed by atoms with Crippen LogP contribution in [-0.4, -0.2) is 48.9 Å². The zero-order chi connectivity index (χ0) is 12.5. The van der Waals surface area contributed by atoms with Gasteiger partial charge in [-0.15, -0.1) is 0 Å². The fourth-order valence-corrected chi connectivity index (χ4v) is 3.37. The zero-order valence-corrected chi connectivity index (χ0v) is 11.6. The molecule has 2 rings (SSSR count). The highest BCUT2D eigenvalue weighted by atomic mass is 15.2. The van der Waals surface area contributed by atoms with E-state index in [9.17, 15) is 0 Å². The molecule has 0 bridgehead atoms. The van der Waals surface area contributed by atoms with Crippen molar-refractivity contribution in [3.8, 4) is 0 Å². The summed E-state index contributed by atoms with van der Waals surface area (Å²) >= 11 is 0. The molecule has 2 aliphatic carbocycles. The van der Waals surface area contributed by atoms with Gasteiger partial charge in [0.15, 0.2) is 0 Å². The van der Waals surface area contributed by atoms with E-state index in [1.54, 1.807) is 0 Å². The van der Waals surface area contributed by atoms with Crippen molar-refractivity contribution in [2.75, 3.05) is 27.7 Å². The SMILES string of the molecule is CN(CC1(N(C)C)CCC1)C(=N)C1CCCC1. The topological polar surface area (TPSA) is 30.3 Å². The van der Waals surface area contributed by atoms with Gasteiger partial charge in [-0.1, -0.05) is 12.8 Å². The zero-order valence-electron chi connectivity index (χ0n) is 11.6. The fraction of sp³-hybridized carbons (Fsp3) is 0.929. The van der Waals surface area contributed by atoms with Gasteiger partial charge in [-0.3, -0.25) is 5.41 Å². The molecule has 2 fully saturated rings. The Morgan fingerprint density at radius 1 is 1.12 bits per heavy atom. The Kier molecular flexibility index (Phi) is 3.76. The molecule has 0 radical (unpaired) electrons. The fourth-order valence-electron chi connectivity index (χ4n) is 3.37. The third-order valence-electron chi connectivity index (χ3n) is 4.92. The first-order chi connectivity index (χ1) is 8.05. The second kappa shape index (κ2) is 4.97. The summed E-state index contributed by atoms with van der Waals surface area (Å²) in [6.07, 6.45) is 9.04. The normalized spacial score (nSPS) is 23.8. The van der Waals surface area contributed by atoms with E-state index in [0.29, 0.717) is 11.5 Å². The first-order valence-corrected chi connectivity index (χ1v) is 7.02.